The number of rotatable bonds is 1. The van der Waals surface area contributed by atoms with Crippen molar-refractivity contribution in [3.63, 3.8) is 0 Å². The van der Waals surface area contributed by atoms with Crippen LogP contribution in [0, 0.1) is 5.92 Å². The van der Waals surface area contributed by atoms with E-state index in [0.717, 1.165) is 12.5 Å². The summed E-state index contributed by atoms with van der Waals surface area (Å²) < 4.78 is 0. The molecule has 0 saturated carbocycles. The third-order valence-corrected chi connectivity index (χ3v) is 2.19. The van der Waals surface area contributed by atoms with Gasteiger partial charge in [-0.15, -0.1) is 0 Å². The molecule has 0 aromatic carbocycles. The predicted octanol–water partition coefficient (Wildman–Crippen LogP) is 1.90. The van der Waals surface area contributed by atoms with Crippen LogP contribution in [-0.2, 0) is 0 Å². The van der Waals surface area contributed by atoms with E-state index in [1.165, 1.54) is 13.0 Å². The smallest absolute Gasteiger partial charge is 0.0163 e. The Morgan fingerprint density at radius 3 is 2.60 bits per heavy atom. The van der Waals surface area contributed by atoms with E-state index in [0.29, 0.717) is 0 Å². The molecule has 0 spiro atoms. The van der Waals surface area contributed by atoms with Gasteiger partial charge < -0.3 is 4.90 Å². The summed E-state index contributed by atoms with van der Waals surface area (Å²) in [6.07, 6.45) is 3.64. The van der Waals surface area contributed by atoms with Gasteiger partial charge in [-0.1, -0.05) is 25.5 Å². The van der Waals surface area contributed by atoms with Crippen molar-refractivity contribution < 1.29 is 0 Å². The minimum absolute atomic E-state index is 0.758. The Kier molecular flexibility index (Phi) is 2.50. The summed E-state index contributed by atoms with van der Waals surface area (Å²) in [5.74, 6) is 0.758. The van der Waals surface area contributed by atoms with Crippen LogP contribution in [0.4, 0.5) is 0 Å². The maximum atomic E-state index is 2.37. The molecule has 10 heavy (non-hydrogen) atoms. The Morgan fingerprint density at radius 2 is 2.20 bits per heavy atom. The lowest BCUT2D eigenvalue weighted by Gasteiger charge is -2.23. The molecule has 0 aromatic rings. The Labute approximate surface area is 63.7 Å². The maximum Gasteiger partial charge on any atom is 0.0163 e. The number of likely N-dealkylation sites (N-methyl/N-ethyl adjacent to an activating group) is 1. The van der Waals surface area contributed by atoms with E-state index in [1.807, 2.05) is 0 Å². The second-order valence-corrected chi connectivity index (χ2v) is 3.45. The highest BCUT2D eigenvalue weighted by atomic mass is 15.1. The summed E-state index contributed by atoms with van der Waals surface area (Å²) in [6, 6.07) is 0. The molecular formula is C9H17N. The average Bonchev–Trinajstić information content (AvgIpc) is 1.88. The fraction of sp³-hybridized carbons (Fsp3) is 0.778. The molecule has 1 nitrogen and oxygen atoms in total. The second kappa shape index (κ2) is 3.20. The first-order valence-corrected chi connectivity index (χ1v) is 4.07. The molecule has 1 heterocycles. The van der Waals surface area contributed by atoms with E-state index in [9.17, 15) is 0 Å². The summed E-state index contributed by atoms with van der Waals surface area (Å²) in [7, 11) is 2.17. The molecule has 1 aliphatic rings. The van der Waals surface area contributed by atoms with Gasteiger partial charge in [-0.25, -0.2) is 0 Å². The Morgan fingerprint density at radius 1 is 1.50 bits per heavy atom. The first kappa shape index (κ1) is 7.80. The zero-order chi connectivity index (χ0) is 7.56. The summed E-state index contributed by atoms with van der Waals surface area (Å²) >= 11 is 0. The van der Waals surface area contributed by atoms with E-state index in [4.69, 9.17) is 0 Å². The van der Waals surface area contributed by atoms with Gasteiger partial charge in [-0.3, -0.25) is 0 Å². The summed E-state index contributed by atoms with van der Waals surface area (Å²) in [6.45, 7) is 6.94. The van der Waals surface area contributed by atoms with Gasteiger partial charge in [0, 0.05) is 13.1 Å². The van der Waals surface area contributed by atoms with Crippen molar-refractivity contribution in [2.75, 3.05) is 20.1 Å². The van der Waals surface area contributed by atoms with Crippen molar-refractivity contribution in [2.45, 2.75) is 20.3 Å². The van der Waals surface area contributed by atoms with Crippen LogP contribution >= 0.6 is 0 Å². The van der Waals surface area contributed by atoms with Gasteiger partial charge in [0.1, 0.15) is 0 Å². The highest BCUT2D eigenvalue weighted by Gasteiger charge is 2.09. The Hall–Kier alpha value is -0.300. The van der Waals surface area contributed by atoms with Crippen LogP contribution in [-0.4, -0.2) is 25.0 Å². The molecular weight excluding hydrogens is 122 g/mol. The van der Waals surface area contributed by atoms with Gasteiger partial charge in [0.05, 0.1) is 0 Å². The zero-order valence-electron chi connectivity index (χ0n) is 7.22. The molecule has 0 fully saturated rings. The van der Waals surface area contributed by atoms with Gasteiger partial charge in [0.2, 0.25) is 0 Å². The fourth-order valence-corrected chi connectivity index (χ4v) is 1.31. The lowest BCUT2D eigenvalue weighted by Crippen LogP contribution is -2.25. The van der Waals surface area contributed by atoms with Gasteiger partial charge in [-0.05, 0) is 19.4 Å². The molecule has 0 unspecified atom stereocenters. The van der Waals surface area contributed by atoms with Crippen molar-refractivity contribution in [1.82, 2.24) is 4.90 Å². The number of hydrogen-bond acceptors (Lipinski definition) is 1. The second-order valence-electron chi connectivity index (χ2n) is 3.45. The minimum atomic E-state index is 0.758. The molecule has 58 valence electrons. The standard InChI is InChI=1S/C9H17N/c1-8(2)9-4-6-10(3)7-5-9/h4,8H,5-7H2,1-3H3. The topological polar surface area (TPSA) is 3.24 Å². The summed E-state index contributed by atoms with van der Waals surface area (Å²) in [5.41, 5.74) is 1.64. The van der Waals surface area contributed by atoms with Crippen LogP contribution in [0.5, 0.6) is 0 Å². The highest BCUT2D eigenvalue weighted by Crippen LogP contribution is 2.17. The molecule has 1 rings (SSSR count). The average molecular weight is 139 g/mol. The third-order valence-electron chi connectivity index (χ3n) is 2.19. The van der Waals surface area contributed by atoms with Crippen molar-refractivity contribution in [3.05, 3.63) is 11.6 Å². The number of hydrogen-bond donors (Lipinski definition) is 0. The third kappa shape index (κ3) is 1.84. The minimum Gasteiger partial charge on any atom is -0.302 e. The predicted molar refractivity (Wildman–Crippen MR) is 45.0 cm³/mol. The molecule has 0 radical (unpaired) electrons. The van der Waals surface area contributed by atoms with Crippen molar-refractivity contribution in [3.8, 4) is 0 Å². The van der Waals surface area contributed by atoms with E-state index in [1.54, 1.807) is 5.57 Å². The van der Waals surface area contributed by atoms with Crippen LogP contribution in [0.3, 0.4) is 0 Å². The van der Waals surface area contributed by atoms with Crippen LogP contribution in [0.25, 0.3) is 0 Å². The lowest BCUT2D eigenvalue weighted by atomic mass is 9.97. The van der Waals surface area contributed by atoms with Crippen molar-refractivity contribution in [2.24, 2.45) is 5.92 Å². The first-order chi connectivity index (χ1) is 4.70. The van der Waals surface area contributed by atoms with Crippen molar-refractivity contribution in [1.29, 1.82) is 0 Å². The van der Waals surface area contributed by atoms with Gasteiger partial charge in [-0.2, -0.15) is 0 Å². The monoisotopic (exact) mass is 139 g/mol. The van der Waals surface area contributed by atoms with Gasteiger partial charge >= 0.3 is 0 Å². The number of nitrogens with zero attached hydrogens (tertiary/aromatic N) is 1. The highest BCUT2D eigenvalue weighted by molar-refractivity contribution is 5.08. The summed E-state index contributed by atoms with van der Waals surface area (Å²) in [5, 5.41) is 0. The molecule has 0 aliphatic carbocycles. The van der Waals surface area contributed by atoms with Crippen LogP contribution in [0.2, 0.25) is 0 Å². The van der Waals surface area contributed by atoms with Gasteiger partial charge in [0.15, 0.2) is 0 Å². The molecule has 0 bridgehead atoms. The van der Waals surface area contributed by atoms with Crippen LogP contribution < -0.4 is 0 Å². The van der Waals surface area contributed by atoms with Gasteiger partial charge in [0.25, 0.3) is 0 Å². The molecule has 0 atom stereocenters. The molecule has 0 aromatic heterocycles. The zero-order valence-corrected chi connectivity index (χ0v) is 7.22. The maximum absolute atomic E-state index is 2.37. The largest absolute Gasteiger partial charge is 0.302 e. The lowest BCUT2D eigenvalue weighted by molar-refractivity contribution is 0.351. The van der Waals surface area contributed by atoms with Crippen LogP contribution in [0.15, 0.2) is 11.6 Å². The van der Waals surface area contributed by atoms with Crippen LogP contribution in [0.1, 0.15) is 20.3 Å². The molecule has 1 aliphatic heterocycles. The van der Waals surface area contributed by atoms with E-state index < -0.39 is 0 Å². The molecule has 0 N–H and O–H groups in total. The normalized spacial score (nSPS) is 21.4. The molecule has 0 amide bonds. The Bertz CT molecular complexity index is 136. The molecule has 0 saturated heterocycles. The van der Waals surface area contributed by atoms with E-state index in [2.05, 4.69) is 31.9 Å². The van der Waals surface area contributed by atoms with Crippen molar-refractivity contribution >= 4 is 0 Å². The van der Waals surface area contributed by atoms with E-state index >= 15 is 0 Å². The quantitative estimate of drug-likeness (QED) is 0.501. The molecule has 1 heteroatoms. The Balaban J connectivity index is 2.48. The SMILES string of the molecule is CC(C)C1=CCN(C)CC1. The first-order valence-electron chi connectivity index (χ1n) is 4.07. The van der Waals surface area contributed by atoms with E-state index in [-0.39, 0.29) is 0 Å². The fourth-order valence-electron chi connectivity index (χ4n) is 1.31. The summed E-state index contributed by atoms with van der Waals surface area (Å²) in [4.78, 5) is 2.35.